The second-order valence-corrected chi connectivity index (χ2v) is 13.9. The van der Waals surface area contributed by atoms with Gasteiger partial charge in [0.2, 0.25) is 10.0 Å². The normalized spacial score (nSPS) is 14.4. The largest absolute Gasteiger partial charge is 0.353 e. The third-order valence-electron chi connectivity index (χ3n) is 7.37. The SMILES string of the molecule is CC(=O)c1ccc(S(=O)(=O)N2CCN(c3cnc4ccc(-c5cncc(NS(=O)(=O)c6ccccc6)c5)cc4n3)CC2)cc1. The maximum absolute atomic E-state index is 13.2. The number of hydrogen-bond donors (Lipinski definition) is 1. The molecule has 0 saturated carbocycles. The highest BCUT2D eigenvalue weighted by atomic mass is 32.2. The Morgan fingerprint density at radius 3 is 2.18 bits per heavy atom. The number of benzene rings is 3. The van der Waals surface area contributed by atoms with E-state index in [-0.39, 0.29) is 28.7 Å². The Labute approximate surface area is 255 Å². The third-order valence-corrected chi connectivity index (χ3v) is 10.7. The fourth-order valence-corrected chi connectivity index (χ4v) is 7.45. The number of rotatable bonds is 8. The van der Waals surface area contributed by atoms with E-state index in [4.69, 9.17) is 4.98 Å². The van der Waals surface area contributed by atoms with E-state index >= 15 is 0 Å². The molecule has 5 aromatic rings. The molecule has 0 unspecified atom stereocenters. The van der Waals surface area contributed by atoms with Crippen LogP contribution in [0.3, 0.4) is 0 Å². The summed E-state index contributed by atoms with van der Waals surface area (Å²) in [7, 11) is -7.47. The fraction of sp³-hybridized carbons (Fsp3) is 0.161. The van der Waals surface area contributed by atoms with Crippen molar-refractivity contribution in [3.8, 4) is 11.1 Å². The van der Waals surface area contributed by atoms with Crippen molar-refractivity contribution in [1.29, 1.82) is 0 Å². The van der Waals surface area contributed by atoms with E-state index in [0.717, 1.165) is 5.56 Å². The number of ketones is 1. The molecule has 11 nitrogen and oxygen atoms in total. The van der Waals surface area contributed by atoms with Crippen molar-refractivity contribution in [3.63, 3.8) is 0 Å². The Balaban J connectivity index is 1.18. The van der Waals surface area contributed by atoms with Gasteiger partial charge in [0.25, 0.3) is 10.0 Å². The van der Waals surface area contributed by atoms with Gasteiger partial charge in [0.15, 0.2) is 5.78 Å². The minimum absolute atomic E-state index is 0.123. The molecular weight excluding hydrogens is 601 g/mol. The Morgan fingerprint density at radius 1 is 0.750 bits per heavy atom. The minimum atomic E-state index is -3.77. The van der Waals surface area contributed by atoms with Crippen LogP contribution in [0, 0.1) is 0 Å². The number of Topliss-reactive ketones (excluding diaryl/α,β-unsaturated/α-hetero) is 1. The molecule has 0 amide bonds. The number of carbonyl (C=O) groups excluding carboxylic acids is 1. The number of nitrogens with zero attached hydrogens (tertiary/aromatic N) is 5. The molecule has 0 spiro atoms. The zero-order chi connectivity index (χ0) is 30.9. The molecule has 6 rings (SSSR count). The third kappa shape index (κ3) is 6.02. The van der Waals surface area contributed by atoms with Crippen LogP contribution < -0.4 is 9.62 Å². The summed E-state index contributed by atoms with van der Waals surface area (Å²) in [6.45, 7) is 2.84. The molecule has 3 aromatic carbocycles. The lowest BCUT2D eigenvalue weighted by Gasteiger charge is -2.34. The summed E-state index contributed by atoms with van der Waals surface area (Å²) in [4.78, 5) is 27.4. The number of hydrogen-bond acceptors (Lipinski definition) is 9. The van der Waals surface area contributed by atoms with Gasteiger partial charge in [0.1, 0.15) is 5.82 Å². The molecule has 1 N–H and O–H groups in total. The average molecular weight is 629 g/mol. The van der Waals surface area contributed by atoms with Crippen LogP contribution in [0.4, 0.5) is 11.5 Å². The molecule has 1 aliphatic rings. The molecule has 224 valence electrons. The first-order valence-corrected chi connectivity index (χ1v) is 16.7. The molecule has 0 aliphatic carbocycles. The molecule has 2 aromatic heterocycles. The summed E-state index contributed by atoms with van der Waals surface area (Å²) in [6, 6.07) is 21.4. The second kappa shape index (κ2) is 11.8. The van der Waals surface area contributed by atoms with E-state index in [9.17, 15) is 21.6 Å². The number of pyridine rings is 1. The Hall–Kier alpha value is -4.72. The Bertz CT molecular complexity index is 2060. The van der Waals surface area contributed by atoms with Gasteiger partial charge >= 0.3 is 0 Å². The molecule has 44 heavy (non-hydrogen) atoms. The quantitative estimate of drug-likeness (QED) is 0.250. The van der Waals surface area contributed by atoms with Crippen molar-refractivity contribution in [2.24, 2.45) is 0 Å². The van der Waals surface area contributed by atoms with Gasteiger partial charge in [0.05, 0.1) is 38.9 Å². The predicted molar refractivity (Wildman–Crippen MR) is 167 cm³/mol. The monoisotopic (exact) mass is 628 g/mol. The topological polar surface area (TPSA) is 143 Å². The molecule has 1 aliphatic heterocycles. The van der Waals surface area contributed by atoms with Crippen molar-refractivity contribution >= 4 is 48.4 Å². The molecule has 13 heteroatoms. The first-order valence-electron chi connectivity index (χ1n) is 13.8. The highest BCUT2D eigenvalue weighted by molar-refractivity contribution is 7.92. The summed E-state index contributed by atoms with van der Waals surface area (Å²) in [5.74, 6) is 0.502. The second-order valence-electron chi connectivity index (χ2n) is 10.3. The van der Waals surface area contributed by atoms with Crippen LogP contribution in [0.2, 0.25) is 0 Å². The number of fused-ring (bicyclic) bond motifs is 1. The van der Waals surface area contributed by atoms with Crippen LogP contribution in [-0.2, 0) is 20.0 Å². The van der Waals surface area contributed by atoms with Crippen LogP contribution in [0.15, 0.2) is 107 Å². The predicted octanol–water partition coefficient (Wildman–Crippen LogP) is 4.21. The van der Waals surface area contributed by atoms with Gasteiger partial charge in [0, 0.05) is 43.5 Å². The first-order chi connectivity index (χ1) is 21.1. The number of sulfonamides is 2. The summed E-state index contributed by atoms with van der Waals surface area (Å²) < 4.78 is 56.0. The van der Waals surface area contributed by atoms with Crippen LogP contribution in [0.5, 0.6) is 0 Å². The van der Waals surface area contributed by atoms with Gasteiger partial charge < -0.3 is 4.90 Å². The van der Waals surface area contributed by atoms with Crippen molar-refractivity contribution in [2.75, 3.05) is 35.8 Å². The molecular formula is C31H28N6O5S2. The zero-order valence-corrected chi connectivity index (χ0v) is 25.3. The van der Waals surface area contributed by atoms with Gasteiger partial charge in [-0.1, -0.05) is 36.4 Å². The highest BCUT2D eigenvalue weighted by Crippen LogP contribution is 2.27. The molecule has 1 saturated heterocycles. The van der Waals surface area contributed by atoms with Crippen LogP contribution in [-0.4, -0.2) is 68.1 Å². The maximum atomic E-state index is 13.2. The smallest absolute Gasteiger partial charge is 0.261 e. The van der Waals surface area contributed by atoms with Crippen molar-refractivity contribution in [3.05, 3.63) is 103 Å². The molecule has 1 fully saturated rings. The summed E-state index contributed by atoms with van der Waals surface area (Å²) >= 11 is 0. The van der Waals surface area contributed by atoms with E-state index in [1.165, 1.54) is 53.8 Å². The lowest BCUT2D eigenvalue weighted by atomic mass is 10.1. The van der Waals surface area contributed by atoms with Gasteiger partial charge in [-0.2, -0.15) is 4.31 Å². The Kier molecular flexibility index (Phi) is 7.84. The molecule has 0 bridgehead atoms. The van der Waals surface area contributed by atoms with E-state index in [1.54, 1.807) is 36.7 Å². The molecule has 3 heterocycles. The lowest BCUT2D eigenvalue weighted by Crippen LogP contribution is -2.48. The standard InChI is InChI=1S/C31H28N6O5S2/c1-22(38)23-7-10-28(11-8-23)44(41,42)37-15-13-36(14-16-37)31-21-33-29-12-9-24(18-30(29)34-31)25-17-26(20-32-19-25)35-43(39,40)27-5-3-2-4-6-27/h2-12,17-21,35H,13-16H2,1H3. The van der Waals surface area contributed by atoms with Crippen molar-refractivity contribution in [2.45, 2.75) is 16.7 Å². The van der Waals surface area contributed by atoms with E-state index in [0.29, 0.717) is 46.8 Å². The zero-order valence-electron chi connectivity index (χ0n) is 23.7. The van der Waals surface area contributed by atoms with E-state index in [1.807, 2.05) is 23.1 Å². The van der Waals surface area contributed by atoms with Crippen LogP contribution in [0.1, 0.15) is 17.3 Å². The van der Waals surface area contributed by atoms with E-state index in [2.05, 4.69) is 14.7 Å². The summed E-state index contributed by atoms with van der Waals surface area (Å²) in [5.41, 5.74) is 3.58. The summed E-state index contributed by atoms with van der Waals surface area (Å²) in [5, 5.41) is 0. The lowest BCUT2D eigenvalue weighted by molar-refractivity contribution is 0.101. The first kappa shape index (κ1) is 29.4. The Morgan fingerprint density at radius 2 is 1.48 bits per heavy atom. The van der Waals surface area contributed by atoms with Crippen molar-refractivity contribution < 1.29 is 21.6 Å². The van der Waals surface area contributed by atoms with Gasteiger partial charge in [-0.05, 0) is 55.0 Å². The number of carbonyl (C=O) groups is 1. The highest BCUT2D eigenvalue weighted by Gasteiger charge is 2.29. The van der Waals surface area contributed by atoms with Crippen LogP contribution in [0.25, 0.3) is 22.2 Å². The number of nitrogens with one attached hydrogen (secondary N) is 1. The molecule has 0 atom stereocenters. The number of anilines is 2. The van der Waals surface area contributed by atoms with Crippen molar-refractivity contribution in [1.82, 2.24) is 19.3 Å². The maximum Gasteiger partial charge on any atom is 0.261 e. The number of aromatic nitrogens is 3. The van der Waals surface area contributed by atoms with Crippen LogP contribution >= 0.6 is 0 Å². The summed E-state index contributed by atoms with van der Waals surface area (Å²) in [6.07, 6.45) is 4.77. The van der Waals surface area contributed by atoms with E-state index < -0.39 is 20.0 Å². The fourth-order valence-electron chi connectivity index (χ4n) is 4.97. The average Bonchev–Trinajstić information content (AvgIpc) is 3.04. The van der Waals surface area contributed by atoms with Gasteiger partial charge in [-0.3, -0.25) is 19.5 Å². The number of piperazine rings is 1. The minimum Gasteiger partial charge on any atom is -0.353 e. The van der Waals surface area contributed by atoms with Gasteiger partial charge in [-0.25, -0.2) is 21.8 Å². The van der Waals surface area contributed by atoms with Gasteiger partial charge in [-0.15, -0.1) is 0 Å². The molecule has 0 radical (unpaired) electrons.